The van der Waals surface area contributed by atoms with E-state index in [9.17, 15) is 60.0 Å². The van der Waals surface area contributed by atoms with E-state index in [1.807, 2.05) is 0 Å². The van der Waals surface area contributed by atoms with E-state index in [0.717, 1.165) is 231 Å². The number of hydrogen-bond acceptors (Lipinski definition) is 12. The molecule has 0 aromatic carbocycles. The van der Waals surface area contributed by atoms with Crippen molar-refractivity contribution in [3.8, 4) is 0 Å². The van der Waals surface area contributed by atoms with Crippen LogP contribution in [0, 0.1) is 0 Å². The molecule has 0 aliphatic rings. The van der Waals surface area contributed by atoms with Crippen LogP contribution in [0.25, 0.3) is 0 Å². The number of aliphatic hydroxyl groups excluding tert-OH is 4. The van der Waals surface area contributed by atoms with Crippen molar-refractivity contribution in [1.82, 2.24) is 0 Å². The molecule has 4 atom stereocenters. The molecule has 0 radical (unpaired) electrons. The van der Waals surface area contributed by atoms with Crippen LogP contribution in [0.15, 0.2) is 48.6 Å². The predicted molar refractivity (Wildman–Crippen MR) is 343 cm³/mol. The molecule has 85 heavy (non-hydrogen) atoms. The zero-order valence-corrected chi connectivity index (χ0v) is 57.7. The molecule has 0 amide bonds. The molecule has 0 spiro atoms. The first kappa shape index (κ1) is 91.3. The second-order valence-corrected chi connectivity index (χ2v) is 23.6. The Hall–Kier alpha value is -2.44. The number of aliphatic carboxylic acids is 4. The molecule has 0 heterocycles. The Balaban J connectivity index is -0.000000333. The third kappa shape index (κ3) is 95.4. The van der Waals surface area contributed by atoms with Crippen LogP contribution in [0.4, 0.5) is 0 Å². The van der Waals surface area contributed by atoms with Gasteiger partial charge in [-0.05, 0) is 154 Å². The Bertz CT molecular complexity index is 1270. The Labute approximate surface area is 541 Å². The average molecular weight is 1280 g/mol. The molecule has 0 aliphatic heterocycles. The topological polar surface area (TPSA) is 241 Å². The van der Waals surface area contributed by atoms with Gasteiger partial charge in [-0.3, -0.25) is 0 Å². The Morgan fingerprint density at radius 2 is 0.424 bits per heavy atom. The summed E-state index contributed by atoms with van der Waals surface area (Å²) in [6.07, 6.45) is 68.1. The third-order valence-electron chi connectivity index (χ3n) is 14.9. The number of allylic oxidation sites excluding steroid dienone is 4. The summed E-state index contributed by atoms with van der Waals surface area (Å²) in [5, 5.41) is 80.0. The molecule has 0 saturated carbocycles. The van der Waals surface area contributed by atoms with E-state index in [1.165, 1.54) is 77.0 Å². The molecular formula is C72H132O12Zr. The number of carbonyl (C=O) groups is 4. The molecular weight excluding hydrogens is 1150 g/mol. The molecule has 0 fully saturated rings. The largest absolute Gasteiger partial charge is 4.00 e. The van der Waals surface area contributed by atoms with Crippen LogP contribution < -0.4 is 20.4 Å². The summed E-state index contributed by atoms with van der Waals surface area (Å²) in [5.74, 6) is -3.75. The maximum Gasteiger partial charge on any atom is 4.00 e. The average Bonchev–Trinajstić information content (AvgIpc) is 3.45. The summed E-state index contributed by atoms with van der Waals surface area (Å²) < 4.78 is 0. The van der Waals surface area contributed by atoms with Crippen LogP contribution in [0.2, 0.25) is 0 Å². The fraction of sp³-hybridized carbons (Fsp3) is 0.833. The Kier molecular flexibility index (Phi) is 85.5. The Morgan fingerprint density at radius 3 is 0.600 bits per heavy atom. The second-order valence-electron chi connectivity index (χ2n) is 23.6. The van der Waals surface area contributed by atoms with Crippen LogP contribution in [0.1, 0.15) is 362 Å². The van der Waals surface area contributed by atoms with Crippen molar-refractivity contribution in [3.05, 3.63) is 48.6 Å². The molecule has 13 heteroatoms. The first-order valence-corrected chi connectivity index (χ1v) is 34.8. The van der Waals surface area contributed by atoms with Gasteiger partial charge in [-0.1, -0.05) is 256 Å². The number of hydrogen-bond donors (Lipinski definition) is 4. The van der Waals surface area contributed by atoms with E-state index in [4.69, 9.17) is 0 Å². The van der Waals surface area contributed by atoms with Crippen molar-refractivity contribution in [2.24, 2.45) is 0 Å². The van der Waals surface area contributed by atoms with Crippen molar-refractivity contribution in [1.29, 1.82) is 0 Å². The molecule has 4 unspecified atom stereocenters. The minimum atomic E-state index is -0.939. The maximum absolute atomic E-state index is 10.2. The van der Waals surface area contributed by atoms with E-state index in [-0.39, 0.29) is 76.3 Å². The van der Waals surface area contributed by atoms with Gasteiger partial charge in [-0.15, -0.1) is 0 Å². The van der Waals surface area contributed by atoms with Crippen LogP contribution in [-0.4, -0.2) is 68.7 Å². The molecule has 496 valence electrons. The summed E-state index contributed by atoms with van der Waals surface area (Å²) in [4.78, 5) is 40.9. The number of carboxylic acid groups (broad SMARTS) is 4. The van der Waals surface area contributed by atoms with E-state index in [1.54, 1.807) is 0 Å². The molecule has 4 N–H and O–H groups in total. The normalized spacial score (nSPS) is 12.7. The van der Waals surface area contributed by atoms with Crippen molar-refractivity contribution in [2.45, 2.75) is 386 Å². The summed E-state index contributed by atoms with van der Waals surface area (Å²) in [6.45, 7) is 8.79. The van der Waals surface area contributed by atoms with E-state index in [0.29, 0.717) is 0 Å². The first-order valence-electron chi connectivity index (χ1n) is 34.8. The van der Waals surface area contributed by atoms with Crippen molar-refractivity contribution >= 4 is 23.9 Å². The van der Waals surface area contributed by atoms with Gasteiger partial charge in [0.25, 0.3) is 0 Å². The summed E-state index contributed by atoms with van der Waals surface area (Å²) in [7, 11) is 0. The van der Waals surface area contributed by atoms with Gasteiger partial charge in [-0.25, -0.2) is 0 Å². The molecule has 0 saturated heterocycles. The number of unbranched alkanes of at least 4 members (excludes halogenated alkanes) is 32. The van der Waals surface area contributed by atoms with Gasteiger partial charge in [0, 0.05) is 23.9 Å². The molecule has 0 rings (SSSR count). The molecule has 0 aliphatic carbocycles. The van der Waals surface area contributed by atoms with Crippen molar-refractivity contribution < 1.29 is 86.2 Å². The van der Waals surface area contributed by atoms with Gasteiger partial charge in [-0.2, -0.15) is 0 Å². The van der Waals surface area contributed by atoms with Gasteiger partial charge in [0.05, 0.1) is 24.4 Å². The summed E-state index contributed by atoms with van der Waals surface area (Å²) in [6, 6.07) is 0. The summed E-state index contributed by atoms with van der Waals surface area (Å²) >= 11 is 0. The number of rotatable bonds is 60. The van der Waals surface area contributed by atoms with Crippen LogP contribution in [0.3, 0.4) is 0 Å². The first-order chi connectivity index (χ1) is 40.7. The third-order valence-corrected chi connectivity index (χ3v) is 14.9. The minimum Gasteiger partial charge on any atom is -0.550 e. The molecule has 0 aromatic heterocycles. The molecule has 12 nitrogen and oxygen atoms in total. The molecule has 0 aromatic rings. The maximum atomic E-state index is 10.2. The summed E-state index contributed by atoms with van der Waals surface area (Å²) in [5.41, 5.74) is 0. The van der Waals surface area contributed by atoms with Gasteiger partial charge in [0.2, 0.25) is 0 Å². The van der Waals surface area contributed by atoms with Crippen LogP contribution in [-0.2, 0) is 45.4 Å². The second kappa shape index (κ2) is 79.6. The van der Waals surface area contributed by atoms with Crippen molar-refractivity contribution in [2.75, 3.05) is 0 Å². The van der Waals surface area contributed by atoms with Crippen LogP contribution >= 0.6 is 0 Å². The smallest absolute Gasteiger partial charge is 0.550 e. The quantitative estimate of drug-likeness (QED) is 0.0328. The fourth-order valence-corrected chi connectivity index (χ4v) is 9.43. The van der Waals surface area contributed by atoms with E-state index < -0.39 is 23.9 Å². The zero-order valence-electron chi connectivity index (χ0n) is 55.3. The van der Waals surface area contributed by atoms with Crippen LogP contribution in [0.5, 0.6) is 0 Å². The van der Waals surface area contributed by atoms with Gasteiger partial charge in [0.15, 0.2) is 0 Å². The standard InChI is InChI=1S/4C18H34O3.Zr/c4*1-2-3-4-11-14-17(19)15-12-9-7-5-6-8-10-13-16-18(20)21;/h4*9,12,17,19H,2-8,10-11,13-16H2,1H3,(H,20,21);/q;;;;+4/p-4/b4*12-9-;. The monoisotopic (exact) mass is 1280 g/mol. The van der Waals surface area contributed by atoms with Gasteiger partial charge in [0.1, 0.15) is 0 Å². The zero-order chi connectivity index (χ0) is 63.0. The molecule has 0 bridgehead atoms. The predicted octanol–water partition coefficient (Wildman–Crippen LogP) is 15.0. The number of carboxylic acids is 4. The minimum absolute atomic E-state index is 0. The number of carbonyl (C=O) groups excluding carboxylic acids is 4. The Morgan fingerprint density at radius 1 is 0.259 bits per heavy atom. The SMILES string of the molecule is CCCCCCC(O)C/C=C\CCCCCCCC(=O)[O-].CCCCCCC(O)C/C=C\CCCCCCCC(=O)[O-].CCCCCCC(O)C/C=C\CCCCCCCC(=O)[O-].CCCCCCC(O)C/C=C\CCCCCCCC(=O)[O-].[Zr+4]. The van der Waals surface area contributed by atoms with E-state index >= 15 is 0 Å². The fourth-order valence-electron chi connectivity index (χ4n) is 9.43. The van der Waals surface area contributed by atoms with Crippen molar-refractivity contribution in [3.63, 3.8) is 0 Å². The van der Waals surface area contributed by atoms with Gasteiger partial charge >= 0.3 is 26.2 Å². The van der Waals surface area contributed by atoms with Gasteiger partial charge < -0.3 is 60.0 Å². The number of aliphatic hydroxyl groups is 4. The van der Waals surface area contributed by atoms with E-state index in [2.05, 4.69) is 76.3 Å².